The van der Waals surface area contributed by atoms with E-state index in [-0.39, 0.29) is 14.2 Å². The Labute approximate surface area is 88.8 Å². The van der Waals surface area contributed by atoms with Crippen molar-refractivity contribution >= 4 is 14.2 Å². The van der Waals surface area contributed by atoms with Crippen LogP contribution in [0.3, 0.4) is 0 Å². The second kappa shape index (κ2) is 4.00. The quantitative estimate of drug-likeness (QED) is 0.473. The lowest BCUT2D eigenvalue weighted by atomic mass is 9.78. The van der Waals surface area contributed by atoms with Gasteiger partial charge in [0.05, 0.1) is 26.4 Å². The molecule has 15 heavy (non-hydrogen) atoms. The molecule has 0 saturated carbocycles. The summed E-state index contributed by atoms with van der Waals surface area (Å²) in [5.41, 5.74) is 5.03. The Balaban J connectivity index is 1.79. The summed E-state index contributed by atoms with van der Waals surface area (Å²) in [6.07, 6.45) is 3.88. The Morgan fingerprint density at radius 2 is 1.20 bits per heavy atom. The van der Waals surface area contributed by atoms with Crippen LogP contribution < -0.4 is 0 Å². The van der Waals surface area contributed by atoms with Gasteiger partial charge in [0.25, 0.3) is 0 Å². The topological polar surface area (TPSA) is 36.9 Å². The summed E-state index contributed by atoms with van der Waals surface area (Å²) >= 11 is 0. The van der Waals surface area contributed by atoms with Crippen LogP contribution in [0.4, 0.5) is 0 Å². The molecule has 3 rings (SSSR count). The summed E-state index contributed by atoms with van der Waals surface area (Å²) in [7, 11) is -0.527. The normalized spacial score (nSPS) is 25.1. The van der Waals surface area contributed by atoms with Crippen molar-refractivity contribution in [3.63, 3.8) is 0 Å². The first kappa shape index (κ1) is 9.46. The van der Waals surface area contributed by atoms with Crippen LogP contribution in [0.25, 0.3) is 0 Å². The molecule has 1 aliphatic carbocycles. The molecule has 2 fully saturated rings. The summed E-state index contributed by atoms with van der Waals surface area (Å²) < 4.78 is 21.5. The van der Waals surface area contributed by atoms with Gasteiger partial charge in [-0.1, -0.05) is 12.2 Å². The highest BCUT2D eigenvalue weighted by Crippen LogP contribution is 2.20. The molecule has 0 amide bonds. The second-order valence-electron chi connectivity index (χ2n) is 3.52. The van der Waals surface area contributed by atoms with Gasteiger partial charge in [-0.3, -0.25) is 0 Å². The molecule has 6 heteroatoms. The Kier molecular flexibility index (Phi) is 2.52. The zero-order valence-corrected chi connectivity index (χ0v) is 8.27. The minimum atomic E-state index is -0.264. The van der Waals surface area contributed by atoms with Gasteiger partial charge >= 0.3 is 14.2 Å². The summed E-state index contributed by atoms with van der Waals surface area (Å²) in [6.45, 7) is 2.59. The first-order chi connectivity index (χ1) is 7.43. The molecule has 0 aromatic carbocycles. The molecule has 0 aromatic rings. The van der Waals surface area contributed by atoms with Crippen molar-refractivity contribution in [2.45, 2.75) is 0 Å². The lowest BCUT2D eigenvalue weighted by Gasteiger charge is -1.99. The third-order valence-corrected chi connectivity index (χ3v) is 2.48. The summed E-state index contributed by atoms with van der Waals surface area (Å²) in [4.78, 5) is 0. The molecule has 2 aliphatic heterocycles. The molecular formula is C9H10B2O4. The maximum Gasteiger partial charge on any atom is 0.502 e. The molecule has 3 aliphatic rings. The maximum absolute atomic E-state index is 5.38. The van der Waals surface area contributed by atoms with Crippen molar-refractivity contribution < 1.29 is 18.6 Å². The number of hydrogen-bond acceptors (Lipinski definition) is 4. The zero-order chi connectivity index (χ0) is 10.1. The number of allylic oxidation sites excluding steroid dienone is 3. The van der Waals surface area contributed by atoms with Crippen LogP contribution in [0.5, 0.6) is 0 Å². The van der Waals surface area contributed by atoms with Crippen molar-refractivity contribution in [1.29, 1.82) is 0 Å². The summed E-state index contributed by atoms with van der Waals surface area (Å²) in [5, 5.41) is 0. The van der Waals surface area contributed by atoms with Crippen LogP contribution in [0.15, 0.2) is 28.8 Å². The lowest BCUT2D eigenvalue weighted by Crippen LogP contribution is -2.16. The van der Waals surface area contributed by atoms with Crippen LogP contribution >= 0.6 is 0 Å². The van der Waals surface area contributed by atoms with E-state index in [0.29, 0.717) is 26.4 Å². The fourth-order valence-corrected chi connectivity index (χ4v) is 1.78. The van der Waals surface area contributed by atoms with E-state index in [1.165, 1.54) is 0 Å². The van der Waals surface area contributed by atoms with E-state index in [0.717, 1.165) is 10.9 Å². The van der Waals surface area contributed by atoms with Crippen LogP contribution in [-0.2, 0) is 18.6 Å². The van der Waals surface area contributed by atoms with E-state index in [1.54, 1.807) is 0 Å². The summed E-state index contributed by atoms with van der Waals surface area (Å²) in [6, 6.07) is 0. The fourth-order valence-electron chi connectivity index (χ4n) is 1.78. The van der Waals surface area contributed by atoms with Gasteiger partial charge in [0.15, 0.2) is 0 Å². The molecule has 0 aromatic heterocycles. The number of rotatable bonds is 2. The average molecular weight is 204 g/mol. The Bertz CT molecular complexity index is 317. The predicted molar refractivity (Wildman–Crippen MR) is 55.0 cm³/mol. The molecule has 0 bridgehead atoms. The predicted octanol–water partition coefficient (Wildman–Crippen LogP) is 0.156. The Morgan fingerprint density at radius 1 is 0.800 bits per heavy atom. The average Bonchev–Trinajstić information content (AvgIpc) is 3.02. The molecule has 0 radical (unpaired) electrons. The summed E-state index contributed by atoms with van der Waals surface area (Å²) in [5.74, 6) is 0. The number of hydrogen-bond donors (Lipinski definition) is 0. The molecule has 2 heterocycles. The Morgan fingerprint density at radius 3 is 1.60 bits per heavy atom. The van der Waals surface area contributed by atoms with Crippen molar-refractivity contribution in [3.05, 3.63) is 28.8 Å². The molecule has 0 unspecified atom stereocenters. The van der Waals surface area contributed by atoms with Crippen molar-refractivity contribution in [2.24, 2.45) is 0 Å². The van der Waals surface area contributed by atoms with Crippen LogP contribution in [-0.4, -0.2) is 40.7 Å². The fraction of sp³-hybridized carbons (Fsp3) is 0.444. The van der Waals surface area contributed by atoms with E-state index in [1.807, 2.05) is 12.2 Å². The second-order valence-corrected chi connectivity index (χ2v) is 3.52. The standard InChI is InChI=1S/C9H10B2O4/c1-2-9(11-14-5-6-15-11)7-8(1)10-12-3-4-13-10/h1-2H,3-6H2. The van der Waals surface area contributed by atoms with Crippen molar-refractivity contribution in [2.75, 3.05) is 26.4 Å². The van der Waals surface area contributed by atoms with Crippen molar-refractivity contribution in [1.82, 2.24) is 0 Å². The minimum absolute atomic E-state index is 0.264. The third-order valence-electron chi connectivity index (χ3n) is 2.48. The molecule has 4 nitrogen and oxygen atoms in total. The maximum atomic E-state index is 5.38. The highest BCUT2D eigenvalue weighted by atomic mass is 16.6. The minimum Gasteiger partial charge on any atom is -0.405 e. The van der Waals surface area contributed by atoms with Gasteiger partial charge in [-0.2, -0.15) is 0 Å². The van der Waals surface area contributed by atoms with Gasteiger partial charge in [0.1, 0.15) is 0 Å². The van der Waals surface area contributed by atoms with Crippen LogP contribution in [0, 0.1) is 0 Å². The molecule has 2 saturated heterocycles. The molecule has 0 N–H and O–H groups in total. The molecular weight excluding hydrogens is 194 g/mol. The van der Waals surface area contributed by atoms with E-state index in [9.17, 15) is 0 Å². The monoisotopic (exact) mass is 204 g/mol. The highest BCUT2D eigenvalue weighted by molar-refractivity contribution is 6.58. The SMILES string of the molecule is C1=C(B2OCCO2)C=CC=1B1OCCO1. The molecule has 76 valence electrons. The largest absolute Gasteiger partial charge is 0.502 e. The van der Waals surface area contributed by atoms with Gasteiger partial charge in [-0.05, 0) is 0 Å². The van der Waals surface area contributed by atoms with Crippen molar-refractivity contribution in [3.8, 4) is 0 Å². The van der Waals surface area contributed by atoms with E-state index >= 15 is 0 Å². The van der Waals surface area contributed by atoms with Gasteiger partial charge < -0.3 is 18.6 Å². The van der Waals surface area contributed by atoms with E-state index in [4.69, 9.17) is 18.6 Å². The molecule has 0 spiro atoms. The van der Waals surface area contributed by atoms with Crippen LogP contribution in [0.1, 0.15) is 0 Å². The zero-order valence-electron chi connectivity index (χ0n) is 8.27. The van der Waals surface area contributed by atoms with Gasteiger partial charge in [0, 0.05) is 10.9 Å². The van der Waals surface area contributed by atoms with Gasteiger partial charge in [0.2, 0.25) is 0 Å². The smallest absolute Gasteiger partial charge is 0.405 e. The first-order valence-corrected chi connectivity index (χ1v) is 5.09. The highest BCUT2D eigenvalue weighted by Gasteiger charge is 2.33. The van der Waals surface area contributed by atoms with Crippen LogP contribution in [0.2, 0.25) is 0 Å². The van der Waals surface area contributed by atoms with Gasteiger partial charge in [-0.25, -0.2) is 0 Å². The first-order valence-electron chi connectivity index (χ1n) is 5.09. The Hall–Kier alpha value is -0.770. The third kappa shape index (κ3) is 1.83. The lowest BCUT2D eigenvalue weighted by molar-refractivity contribution is 0.365. The van der Waals surface area contributed by atoms with Gasteiger partial charge in [-0.15, -0.1) is 5.73 Å². The van der Waals surface area contributed by atoms with E-state index in [2.05, 4.69) is 5.73 Å². The molecule has 0 atom stereocenters. The van der Waals surface area contributed by atoms with E-state index < -0.39 is 0 Å².